The van der Waals surface area contributed by atoms with Gasteiger partial charge in [-0.3, -0.25) is 0 Å². The first-order valence-corrected chi connectivity index (χ1v) is 5.19. The average molecular weight is 213 g/mol. The van der Waals surface area contributed by atoms with Crippen molar-refractivity contribution >= 4 is 33.2 Å². The Hall–Kier alpha value is -0.640. The van der Waals surface area contributed by atoms with Crippen LogP contribution in [0.1, 0.15) is 5.56 Å². The highest BCUT2D eigenvalue weighted by Gasteiger charge is 2.03. The Labute approximate surface area is 85.5 Å². The molecule has 1 aromatic heterocycles. The van der Waals surface area contributed by atoms with Gasteiger partial charge in [0.2, 0.25) is 0 Å². The molecule has 1 aromatic carbocycles. The van der Waals surface area contributed by atoms with E-state index >= 15 is 0 Å². The van der Waals surface area contributed by atoms with Gasteiger partial charge in [-0.2, -0.15) is 4.37 Å². The number of fused-ring (bicyclic) bond motifs is 1. The van der Waals surface area contributed by atoms with Gasteiger partial charge in [-0.15, -0.1) is 0 Å². The molecule has 0 bridgehead atoms. The third-order valence-corrected chi connectivity index (χ3v) is 3.16. The minimum atomic E-state index is 0.652. The molecule has 0 aliphatic heterocycles. The minimum Gasteiger partial charge on any atom is -0.330 e. The topological polar surface area (TPSA) is 38.9 Å². The van der Waals surface area contributed by atoms with Crippen LogP contribution in [0.5, 0.6) is 0 Å². The van der Waals surface area contributed by atoms with Gasteiger partial charge in [0, 0.05) is 11.6 Å². The van der Waals surface area contributed by atoms with Crippen LogP contribution in [0.25, 0.3) is 10.1 Å². The summed E-state index contributed by atoms with van der Waals surface area (Å²) in [6.07, 6.45) is 2.71. The summed E-state index contributed by atoms with van der Waals surface area (Å²) in [7, 11) is 0. The van der Waals surface area contributed by atoms with E-state index in [9.17, 15) is 0 Å². The van der Waals surface area contributed by atoms with Crippen LogP contribution in [0.4, 0.5) is 0 Å². The van der Waals surface area contributed by atoms with E-state index in [1.165, 1.54) is 17.1 Å². The number of rotatable bonds is 2. The third kappa shape index (κ3) is 1.68. The quantitative estimate of drug-likeness (QED) is 0.831. The summed E-state index contributed by atoms with van der Waals surface area (Å²) in [5, 5.41) is 1.89. The van der Waals surface area contributed by atoms with Gasteiger partial charge in [0.25, 0.3) is 0 Å². The fraction of sp³-hybridized carbons (Fsp3) is 0.222. The van der Waals surface area contributed by atoms with Crippen molar-refractivity contribution in [2.75, 3.05) is 6.54 Å². The van der Waals surface area contributed by atoms with Crippen molar-refractivity contribution in [3.63, 3.8) is 0 Å². The molecule has 0 aliphatic rings. The molecule has 0 saturated heterocycles. The van der Waals surface area contributed by atoms with Gasteiger partial charge in [0.1, 0.15) is 0 Å². The van der Waals surface area contributed by atoms with Gasteiger partial charge in [-0.1, -0.05) is 11.6 Å². The van der Waals surface area contributed by atoms with Crippen molar-refractivity contribution in [1.29, 1.82) is 0 Å². The van der Waals surface area contributed by atoms with E-state index in [1.54, 1.807) is 0 Å². The summed E-state index contributed by atoms with van der Waals surface area (Å²) in [4.78, 5) is 0. The fourth-order valence-electron chi connectivity index (χ4n) is 1.31. The van der Waals surface area contributed by atoms with Crippen molar-refractivity contribution in [3.05, 3.63) is 28.9 Å². The summed E-state index contributed by atoms with van der Waals surface area (Å²) in [6.45, 7) is 0.652. The monoisotopic (exact) mass is 212 g/mol. The van der Waals surface area contributed by atoms with Crippen LogP contribution in [0, 0.1) is 0 Å². The third-order valence-electron chi connectivity index (χ3n) is 1.90. The number of hydrogen-bond acceptors (Lipinski definition) is 3. The Balaban J connectivity index is 2.56. The molecule has 0 spiro atoms. The van der Waals surface area contributed by atoms with E-state index in [-0.39, 0.29) is 0 Å². The van der Waals surface area contributed by atoms with Gasteiger partial charge < -0.3 is 5.73 Å². The zero-order valence-electron chi connectivity index (χ0n) is 6.96. The van der Waals surface area contributed by atoms with Crippen LogP contribution in [-0.2, 0) is 6.42 Å². The second-order valence-electron chi connectivity index (χ2n) is 2.86. The molecule has 0 saturated carbocycles. The van der Waals surface area contributed by atoms with Gasteiger partial charge in [-0.25, -0.2) is 0 Å². The predicted octanol–water partition coefficient (Wildman–Crippen LogP) is 2.45. The van der Waals surface area contributed by atoms with Crippen molar-refractivity contribution in [2.24, 2.45) is 5.73 Å². The van der Waals surface area contributed by atoms with Crippen LogP contribution < -0.4 is 5.73 Å². The molecule has 0 amide bonds. The zero-order valence-corrected chi connectivity index (χ0v) is 8.53. The molecule has 0 radical (unpaired) electrons. The first kappa shape index (κ1) is 8.94. The molecular weight excluding hydrogens is 204 g/mol. The summed E-state index contributed by atoms with van der Waals surface area (Å²) >= 11 is 7.50. The number of aromatic nitrogens is 1. The molecule has 0 unspecified atom stereocenters. The summed E-state index contributed by atoms with van der Waals surface area (Å²) in [5.41, 5.74) is 6.65. The number of benzene rings is 1. The lowest BCUT2D eigenvalue weighted by Crippen LogP contribution is -2.02. The highest BCUT2D eigenvalue weighted by Crippen LogP contribution is 2.28. The van der Waals surface area contributed by atoms with Crippen LogP contribution in [-0.4, -0.2) is 10.9 Å². The predicted molar refractivity (Wildman–Crippen MR) is 57.4 cm³/mol. The standard InChI is InChI=1S/C9H9ClN2S/c10-8-4-6(1-2-11)3-7-5-12-13-9(7)8/h3-5H,1-2,11H2. The van der Waals surface area contributed by atoms with E-state index < -0.39 is 0 Å². The molecule has 2 rings (SSSR count). The molecule has 13 heavy (non-hydrogen) atoms. The van der Waals surface area contributed by atoms with Crippen LogP contribution >= 0.6 is 23.1 Å². The van der Waals surface area contributed by atoms with E-state index in [0.717, 1.165) is 21.5 Å². The highest BCUT2D eigenvalue weighted by atomic mass is 35.5. The Bertz CT molecular complexity index is 424. The number of hydrogen-bond donors (Lipinski definition) is 1. The van der Waals surface area contributed by atoms with Crippen molar-refractivity contribution in [1.82, 2.24) is 4.37 Å². The van der Waals surface area contributed by atoms with E-state index in [4.69, 9.17) is 17.3 Å². The maximum atomic E-state index is 6.07. The first-order chi connectivity index (χ1) is 6.31. The van der Waals surface area contributed by atoms with E-state index in [0.29, 0.717) is 6.54 Å². The maximum Gasteiger partial charge on any atom is 0.0736 e. The first-order valence-electron chi connectivity index (χ1n) is 4.04. The molecule has 0 aliphatic carbocycles. The normalized spacial score (nSPS) is 10.9. The molecular formula is C9H9ClN2S. The molecule has 0 atom stereocenters. The van der Waals surface area contributed by atoms with Gasteiger partial charge in [0.05, 0.1) is 9.72 Å². The fourth-order valence-corrected chi connectivity index (χ4v) is 2.30. The van der Waals surface area contributed by atoms with Gasteiger partial charge >= 0.3 is 0 Å². The lowest BCUT2D eigenvalue weighted by molar-refractivity contribution is 0.971. The molecule has 1 heterocycles. The lowest BCUT2D eigenvalue weighted by Gasteiger charge is -1.99. The Morgan fingerprint density at radius 2 is 2.31 bits per heavy atom. The van der Waals surface area contributed by atoms with Gasteiger partial charge in [0.15, 0.2) is 0 Å². The van der Waals surface area contributed by atoms with Crippen LogP contribution in [0.15, 0.2) is 18.3 Å². The second kappa shape index (κ2) is 3.62. The van der Waals surface area contributed by atoms with E-state index in [1.807, 2.05) is 12.3 Å². The highest BCUT2D eigenvalue weighted by molar-refractivity contribution is 7.14. The van der Waals surface area contributed by atoms with Crippen molar-refractivity contribution in [3.8, 4) is 0 Å². The van der Waals surface area contributed by atoms with Gasteiger partial charge in [-0.05, 0) is 42.2 Å². The summed E-state index contributed by atoms with van der Waals surface area (Å²) in [5.74, 6) is 0. The molecule has 4 heteroatoms. The molecule has 0 fully saturated rings. The van der Waals surface area contributed by atoms with Crippen LogP contribution in [0.3, 0.4) is 0 Å². The summed E-state index contributed by atoms with van der Waals surface area (Å²) in [6, 6.07) is 4.06. The number of nitrogens with two attached hydrogens (primary N) is 1. The smallest absolute Gasteiger partial charge is 0.0736 e. The average Bonchev–Trinajstić information content (AvgIpc) is 2.53. The van der Waals surface area contributed by atoms with Crippen molar-refractivity contribution in [2.45, 2.75) is 6.42 Å². The largest absolute Gasteiger partial charge is 0.330 e. The molecule has 2 nitrogen and oxygen atoms in total. The Morgan fingerprint density at radius 3 is 3.08 bits per heavy atom. The van der Waals surface area contributed by atoms with Crippen molar-refractivity contribution < 1.29 is 0 Å². The number of nitrogens with zero attached hydrogens (tertiary/aromatic N) is 1. The molecule has 2 aromatic rings. The SMILES string of the molecule is NCCc1cc(Cl)c2sncc2c1. The maximum absolute atomic E-state index is 6.07. The second-order valence-corrected chi connectivity index (χ2v) is 4.07. The van der Waals surface area contributed by atoms with E-state index in [2.05, 4.69) is 10.4 Å². The minimum absolute atomic E-state index is 0.652. The lowest BCUT2D eigenvalue weighted by atomic mass is 10.1. The van der Waals surface area contributed by atoms with Crippen LogP contribution in [0.2, 0.25) is 5.02 Å². The number of halogens is 1. The zero-order chi connectivity index (χ0) is 9.26. The Kier molecular flexibility index (Phi) is 2.49. The summed E-state index contributed by atoms with van der Waals surface area (Å²) < 4.78 is 5.15. The Morgan fingerprint density at radius 1 is 1.46 bits per heavy atom. The molecule has 68 valence electrons. The molecule has 2 N–H and O–H groups in total.